The van der Waals surface area contributed by atoms with Gasteiger partial charge in [0.1, 0.15) is 68.6 Å². The molecule has 6 rings (SSSR count). The number of thioether (sulfide) groups is 3. The Morgan fingerprint density at radius 1 is 0.440 bits per heavy atom. The van der Waals surface area contributed by atoms with Crippen molar-refractivity contribution >= 4 is 94.6 Å². The largest absolute Gasteiger partial charge is 0.490 e. The maximum Gasteiger partial charge on any atom is 0.407 e. The molecule has 0 bridgehead atoms. The van der Waals surface area contributed by atoms with Crippen LogP contribution >= 0.6 is 58.5 Å². The average molecular weight is 1340 g/mol. The zero-order valence-electron chi connectivity index (χ0n) is 51.1. The number of amides is 2. The summed E-state index contributed by atoms with van der Waals surface area (Å²) in [5, 5.41) is 6.44. The van der Waals surface area contributed by atoms with Crippen molar-refractivity contribution in [3.05, 3.63) is 214 Å². The number of nitrogens with one attached hydrogen (secondary N) is 2. The third kappa shape index (κ3) is 27.2. The van der Waals surface area contributed by atoms with Crippen molar-refractivity contribution < 1.29 is 71.4 Å². The van der Waals surface area contributed by atoms with Crippen molar-refractivity contribution in [2.24, 2.45) is 0 Å². The van der Waals surface area contributed by atoms with Crippen molar-refractivity contribution in [2.45, 2.75) is 79.5 Å². The quantitative estimate of drug-likeness (QED) is 0.00927. The normalized spacial score (nSPS) is 12.1. The van der Waals surface area contributed by atoms with E-state index >= 15 is 0 Å². The van der Waals surface area contributed by atoms with Crippen molar-refractivity contribution in [1.29, 1.82) is 0 Å². The SMILES string of the molecule is C=C(C)C(=O)OCCCC(=O)OC(COc1ccc(C(c2ccc(OCC(CSc3ccc(C)cc3)OC(=O)NCCOC(=O)C(=C)C)cc2)c2ccc(OCC(CSc3ccc(Cl)cc3)OC(=O)NCCOC(=O)C(=C)C)cc2)cc1)CSc1ccc(Cl)cc1. The van der Waals surface area contributed by atoms with Crippen LogP contribution in [0.15, 0.2) is 197 Å². The first-order valence-electron chi connectivity index (χ1n) is 29.0. The van der Waals surface area contributed by atoms with Gasteiger partial charge in [0.05, 0.1) is 19.7 Å². The van der Waals surface area contributed by atoms with Gasteiger partial charge >= 0.3 is 36.1 Å². The van der Waals surface area contributed by atoms with E-state index in [4.69, 9.17) is 65.8 Å². The Kier molecular flexibility index (Phi) is 30.6. The van der Waals surface area contributed by atoms with Gasteiger partial charge in [-0.15, -0.1) is 35.3 Å². The molecule has 17 nitrogen and oxygen atoms in total. The number of hydrogen-bond acceptors (Lipinski definition) is 18. The molecular formula is C69H74Cl2N2O15S3. The predicted octanol–water partition coefficient (Wildman–Crippen LogP) is 14.2. The number of alkyl carbamates (subject to hydrolysis) is 2. The Hall–Kier alpha value is -8.01. The van der Waals surface area contributed by atoms with Gasteiger partial charge < -0.3 is 53.3 Å². The summed E-state index contributed by atoms with van der Waals surface area (Å²) in [6, 6.07) is 45.5. The van der Waals surface area contributed by atoms with Crippen LogP contribution in [0.3, 0.4) is 0 Å². The highest BCUT2D eigenvalue weighted by atomic mass is 35.5. The van der Waals surface area contributed by atoms with Crippen LogP contribution in [0.25, 0.3) is 0 Å². The van der Waals surface area contributed by atoms with Gasteiger partial charge in [0.15, 0.2) is 0 Å². The monoisotopic (exact) mass is 1340 g/mol. The number of aryl methyl sites for hydroxylation is 1. The fourth-order valence-electron chi connectivity index (χ4n) is 8.00. The zero-order valence-corrected chi connectivity index (χ0v) is 55.0. The van der Waals surface area contributed by atoms with Gasteiger partial charge in [-0.05, 0) is 148 Å². The predicted molar refractivity (Wildman–Crippen MR) is 356 cm³/mol. The van der Waals surface area contributed by atoms with Crippen LogP contribution in [0, 0.1) is 6.92 Å². The fraction of sp³-hybridized carbons (Fsp3) is 0.304. The lowest BCUT2D eigenvalue weighted by Crippen LogP contribution is -2.35. The third-order valence-electron chi connectivity index (χ3n) is 12.8. The molecule has 482 valence electrons. The second kappa shape index (κ2) is 38.6. The summed E-state index contributed by atoms with van der Waals surface area (Å²) < 4.78 is 51.8. The highest BCUT2D eigenvalue weighted by molar-refractivity contribution is 7.99. The topological polar surface area (TPSA) is 210 Å². The van der Waals surface area contributed by atoms with Crippen LogP contribution in [0.4, 0.5) is 9.59 Å². The van der Waals surface area contributed by atoms with Gasteiger partial charge in [-0.25, -0.2) is 24.0 Å². The molecule has 6 aromatic rings. The van der Waals surface area contributed by atoms with Crippen LogP contribution < -0.4 is 24.8 Å². The second-order valence-electron chi connectivity index (χ2n) is 20.6. The summed E-state index contributed by atoms with van der Waals surface area (Å²) >= 11 is 16.7. The molecule has 0 saturated carbocycles. The molecule has 91 heavy (non-hydrogen) atoms. The highest BCUT2D eigenvalue weighted by Gasteiger charge is 2.23. The molecule has 22 heteroatoms. The summed E-state index contributed by atoms with van der Waals surface area (Å²) in [6.45, 7) is 17.4. The lowest BCUT2D eigenvalue weighted by Gasteiger charge is -2.22. The molecule has 6 aromatic carbocycles. The summed E-state index contributed by atoms with van der Waals surface area (Å²) in [7, 11) is 0. The molecular weight excluding hydrogens is 1260 g/mol. The average Bonchev–Trinajstić information content (AvgIpc) is 1.82. The van der Waals surface area contributed by atoms with E-state index in [1.54, 1.807) is 31.2 Å². The van der Waals surface area contributed by atoms with Crippen LogP contribution in [0.5, 0.6) is 17.2 Å². The van der Waals surface area contributed by atoms with E-state index in [9.17, 15) is 28.8 Å². The lowest BCUT2D eigenvalue weighted by molar-refractivity contribution is -0.150. The lowest BCUT2D eigenvalue weighted by atomic mass is 9.85. The van der Waals surface area contributed by atoms with Gasteiger partial charge in [0.25, 0.3) is 0 Å². The molecule has 4 atom stereocenters. The van der Waals surface area contributed by atoms with Gasteiger partial charge in [-0.1, -0.05) is 97.0 Å². The zero-order chi connectivity index (χ0) is 65.5. The molecule has 0 spiro atoms. The van der Waals surface area contributed by atoms with Crippen LogP contribution in [-0.4, -0.2) is 124 Å². The minimum Gasteiger partial charge on any atom is -0.490 e. The molecule has 0 aliphatic carbocycles. The Morgan fingerprint density at radius 3 is 1.10 bits per heavy atom. The Balaban J connectivity index is 1.20. The van der Waals surface area contributed by atoms with Gasteiger partial charge in [-0.3, -0.25) is 4.79 Å². The van der Waals surface area contributed by atoms with E-state index in [1.807, 2.05) is 128 Å². The van der Waals surface area contributed by atoms with E-state index in [0.29, 0.717) is 44.6 Å². The Morgan fingerprint density at radius 2 is 0.758 bits per heavy atom. The standard InChI is InChI=1S/C69H74Cl2N2O15S3/c1-45(2)65(75)80-36-8-9-63(74)86-57(42-89-61-30-18-52(70)19-31-61)39-83-54-22-12-49(13-23-54)64(50-14-24-55(25-15-50)84-40-58(43-90-60-28-10-48(7)11-29-60)87-68(78)72-34-37-81-66(76)46(3)4)51-16-26-56(27-17-51)85-41-59(44-91-62-32-20-53(71)21-33-62)88-69(79)73-35-38-82-67(77)47(5)6/h10-33,57-59,64H,1,3,5,8-9,34-44H2,2,4,6-7H3,(H,72,78)(H,73,79). The first kappa shape index (κ1) is 72.1. The summed E-state index contributed by atoms with van der Waals surface area (Å²) in [5.41, 5.74) is 4.57. The summed E-state index contributed by atoms with van der Waals surface area (Å²) in [6.07, 6.45) is -3.15. The Labute approximate surface area is 554 Å². The molecule has 0 fully saturated rings. The Bertz CT molecular complexity index is 3000. The minimum atomic E-state index is -0.711. The first-order chi connectivity index (χ1) is 43.8. The minimum absolute atomic E-state index is 0.00533. The van der Waals surface area contributed by atoms with Gasteiger partial charge in [0.2, 0.25) is 0 Å². The molecule has 0 heterocycles. The molecule has 4 unspecified atom stereocenters. The van der Waals surface area contributed by atoms with Gasteiger partial charge in [0, 0.05) is 71.0 Å². The van der Waals surface area contributed by atoms with E-state index < -0.39 is 54.4 Å². The number of carbonyl (C=O) groups excluding carboxylic acids is 6. The number of benzene rings is 6. The second-order valence-corrected chi connectivity index (χ2v) is 24.8. The number of rotatable bonds is 37. The smallest absolute Gasteiger partial charge is 0.407 e. The molecule has 2 N–H and O–H groups in total. The van der Waals surface area contributed by atoms with Gasteiger partial charge in [-0.2, -0.15) is 0 Å². The third-order valence-corrected chi connectivity index (χ3v) is 16.7. The maximum atomic E-state index is 13.1. The van der Waals surface area contributed by atoms with Crippen molar-refractivity contribution in [3.8, 4) is 17.2 Å². The molecule has 0 aliphatic heterocycles. The maximum absolute atomic E-state index is 13.1. The molecule has 0 aliphatic rings. The summed E-state index contributed by atoms with van der Waals surface area (Å²) in [5.74, 6) is 0.215. The van der Waals surface area contributed by atoms with Crippen LogP contribution in [0.1, 0.15) is 61.8 Å². The van der Waals surface area contributed by atoms with Crippen LogP contribution in [-0.2, 0) is 47.6 Å². The van der Waals surface area contributed by atoms with Crippen LogP contribution in [0.2, 0.25) is 10.0 Å². The number of carbonyl (C=O) groups is 6. The van der Waals surface area contributed by atoms with E-state index in [2.05, 4.69) is 30.4 Å². The number of ether oxygens (including phenoxy) is 9. The number of halogens is 2. The van der Waals surface area contributed by atoms with E-state index in [0.717, 1.165) is 36.9 Å². The fourth-order valence-corrected chi connectivity index (χ4v) is 10.9. The highest BCUT2D eigenvalue weighted by Crippen LogP contribution is 2.36. The molecule has 0 aromatic heterocycles. The summed E-state index contributed by atoms with van der Waals surface area (Å²) in [4.78, 5) is 77.5. The molecule has 0 saturated heterocycles. The number of hydrogen-bond donors (Lipinski definition) is 2. The van der Waals surface area contributed by atoms with Crippen molar-refractivity contribution in [2.75, 3.05) is 70.0 Å². The first-order valence-corrected chi connectivity index (χ1v) is 32.7. The number of esters is 4. The van der Waals surface area contributed by atoms with Crippen molar-refractivity contribution in [3.63, 3.8) is 0 Å². The molecule has 2 amide bonds. The van der Waals surface area contributed by atoms with Crippen molar-refractivity contribution in [1.82, 2.24) is 10.6 Å². The van der Waals surface area contributed by atoms with E-state index in [-0.39, 0.29) is 88.2 Å². The molecule has 0 radical (unpaired) electrons. The van der Waals surface area contributed by atoms with E-state index in [1.165, 1.54) is 49.1 Å².